The Labute approximate surface area is 159 Å². The van der Waals surface area contributed by atoms with Crippen LogP contribution in [-0.2, 0) is 0 Å². The lowest BCUT2D eigenvalue weighted by Crippen LogP contribution is -2.19. The molecule has 1 aromatic heterocycles. The normalized spacial score (nSPS) is 17.0. The number of hydrogen-bond donors (Lipinski definition) is 0. The highest BCUT2D eigenvalue weighted by Crippen LogP contribution is 2.41. The van der Waals surface area contributed by atoms with Gasteiger partial charge in [-0.2, -0.15) is 5.10 Å². The van der Waals surface area contributed by atoms with E-state index in [1.54, 1.807) is 41.7 Å². The quantitative estimate of drug-likeness (QED) is 0.494. The van der Waals surface area contributed by atoms with Crippen molar-refractivity contribution < 1.29 is 4.39 Å². The van der Waals surface area contributed by atoms with Crippen LogP contribution in [0.25, 0.3) is 0 Å². The molecule has 0 bridgehead atoms. The van der Waals surface area contributed by atoms with Crippen LogP contribution in [0.5, 0.6) is 0 Å². The summed E-state index contributed by atoms with van der Waals surface area (Å²) in [5.74, 6) is -0.256. The highest BCUT2D eigenvalue weighted by molar-refractivity contribution is 7.12. The molecule has 1 aliphatic heterocycles. The molecule has 2 nitrogen and oxygen atoms in total. The molecule has 2 heterocycles. The van der Waals surface area contributed by atoms with Crippen molar-refractivity contribution >= 4 is 45.9 Å². The number of nitrogens with zero attached hydrogens (tertiary/aromatic N) is 2. The zero-order valence-electron chi connectivity index (χ0n) is 13.0. The Hall–Kier alpha value is -1.88. The van der Waals surface area contributed by atoms with E-state index < -0.39 is 0 Å². The SMILES string of the molecule is Fc1ccc(C2CC(c3cccs3)=NN2c2cc(Cl)ccc2Cl)cc1. The minimum Gasteiger partial charge on any atom is -0.256 e. The van der Waals surface area contributed by atoms with Crippen LogP contribution < -0.4 is 5.01 Å². The molecule has 1 unspecified atom stereocenters. The van der Waals surface area contributed by atoms with Crippen molar-refractivity contribution in [1.82, 2.24) is 0 Å². The van der Waals surface area contributed by atoms with Crippen LogP contribution in [0.1, 0.15) is 22.9 Å². The molecule has 0 radical (unpaired) electrons. The fourth-order valence-corrected chi connectivity index (χ4v) is 4.02. The minimum absolute atomic E-state index is 0.0614. The molecule has 0 amide bonds. The van der Waals surface area contributed by atoms with Crippen molar-refractivity contribution in [3.63, 3.8) is 0 Å². The molecule has 0 N–H and O–H groups in total. The third kappa shape index (κ3) is 3.30. The Kier molecular flexibility index (Phi) is 4.50. The van der Waals surface area contributed by atoms with Crippen LogP contribution in [-0.4, -0.2) is 5.71 Å². The Morgan fingerprint density at radius 1 is 1.08 bits per heavy atom. The van der Waals surface area contributed by atoms with E-state index >= 15 is 0 Å². The molecule has 0 aliphatic carbocycles. The number of halogens is 3. The number of hydrazone groups is 1. The highest BCUT2D eigenvalue weighted by Gasteiger charge is 2.31. The average molecular weight is 391 g/mol. The fourth-order valence-electron chi connectivity index (χ4n) is 2.93. The van der Waals surface area contributed by atoms with Gasteiger partial charge in [0.15, 0.2) is 0 Å². The largest absolute Gasteiger partial charge is 0.256 e. The molecule has 1 atom stereocenters. The van der Waals surface area contributed by atoms with Crippen LogP contribution in [0.15, 0.2) is 65.1 Å². The van der Waals surface area contributed by atoms with Crippen LogP contribution in [0.3, 0.4) is 0 Å². The van der Waals surface area contributed by atoms with E-state index in [0.717, 1.165) is 28.3 Å². The topological polar surface area (TPSA) is 15.6 Å². The van der Waals surface area contributed by atoms with Crippen molar-refractivity contribution in [1.29, 1.82) is 0 Å². The Bertz CT molecular complexity index is 923. The smallest absolute Gasteiger partial charge is 0.123 e. The van der Waals surface area contributed by atoms with Gasteiger partial charge in [0, 0.05) is 11.4 Å². The van der Waals surface area contributed by atoms with Gasteiger partial charge in [-0.05, 0) is 47.3 Å². The highest BCUT2D eigenvalue weighted by atomic mass is 35.5. The molecule has 4 rings (SSSR count). The van der Waals surface area contributed by atoms with Gasteiger partial charge in [0.25, 0.3) is 0 Å². The number of benzene rings is 2. The molecular weight excluding hydrogens is 378 g/mol. The lowest BCUT2D eigenvalue weighted by Gasteiger charge is -2.25. The molecule has 0 saturated carbocycles. The zero-order chi connectivity index (χ0) is 17.4. The zero-order valence-corrected chi connectivity index (χ0v) is 15.3. The van der Waals surface area contributed by atoms with Gasteiger partial charge in [0.05, 0.1) is 27.3 Å². The molecule has 126 valence electrons. The Morgan fingerprint density at radius 2 is 1.88 bits per heavy atom. The maximum absolute atomic E-state index is 13.3. The second-order valence-electron chi connectivity index (χ2n) is 5.74. The first-order chi connectivity index (χ1) is 12.1. The second-order valence-corrected chi connectivity index (χ2v) is 7.53. The summed E-state index contributed by atoms with van der Waals surface area (Å²) < 4.78 is 13.3. The van der Waals surface area contributed by atoms with Gasteiger partial charge in [-0.15, -0.1) is 11.3 Å². The van der Waals surface area contributed by atoms with Gasteiger partial charge in [-0.3, -0.25) is 5.01 Å². The summed E-state index contributed by atoms with van der Waals surface area (Å²) in [4.78, 5) is 1.12. The summed E-state index contributed by atoms with van der Waals surface area (Å²) in [6.45, 7) is 0. The molecule has 3 aromatic rings. The van der Waals surface area contributed by atoms with Crippen molar-refractivity contribution in [3.05, 3.63) is 86.3 Å². The van der Waals surface area contributed by atoms with Gasteiger partial charge >= 0.3 is 0 Å². The molecular formula is C19H13Cl2FN2S. The minimum atomic E-state index is -0.256. The van der Waals surface area contributed by atoms with E-state index in [4.69, 9.17) is 28.3 Å². The van der Waals surface area contributed by atoms with Crippen LogP contribution in [0.2, 0.25) is 10.0 Å². The molecule has 0 spiro atoms. The molecule has 25 heavy (non-hydrogen) atoms. The number of anilines is 1. The summed E-state index contributed by atoms with van der Waals surface area (Å²) in [6.07, 6.45) is 0.717. The standard InChI is InChI=1S/C19H13Cl2FN2S/c20-13-5-8-15(21)18(10-13)24-17(12-3-6-14(22)7-4-12)11-16(23-24)19-2-1-9-25-19/h1-10,17H,11H2. The van der Waals surface area contributed by atoms with Gasteiger partial charge in [-0.25, -0.2) is 4.39 Å². The first kappa shape index (κ1) is 16.6. The monoisotopic (exact) mass is 390 g/mol. The van der Waals surface area contributed by atoms with Gasteiger partial charge in [-0.1, -0.05) is 41.4 Å². The molecule has 0 fully saturated rings. The van der Waals surface area contributed by atoms with E-state index in [-0.39, 0.29) is 11.9 Å². The van der Waals surface area contributed by atoms with Crippen molar-refractivity contribution in [2.45, 2.75) is 12.5 Å². The number of rotatable bonds is 3. The first-order valence-electron chi connectivity index (χ1n) is 7.73. The average Bonchev–Trinajstić information content (AvgIpc) is 3.27. The lowest BCUT2D eigenvalue weighted by molar-refractivity contribution is 0.624. The van der Waals surface area contributed by atoms with Crippen molar-refractivity contribution in [3.8, 4) is 0 Å². The summed E-state index contributed by atoms with van der Waals surface area (Å²) in [6, 6.07) is 15.8. The molecule has 0 saturated heterocycles. The molecule has 1 aliphatic rings. The summed E-state index contributed by atoms with van der Waals surface area (Å²) in [5.41, 5.74) is 2.71. The third-order valence-electron chi connectivity index (χ3n) is 4.13. The second kappa shape index (κ2) is 6.79. The maximum atomic E-state index is 13.3. The van der Waals surface area contributed by atoms with Crippen molar-refractivity contribution in [2.24, 2.45) is 5.10 Å². The third-order valence-corrected chi connectivity index (χ3v) is 5.60. The van der Waals surface area contributed by atoms with E-state index in [2.05, 4.69) is 0 Å². The summed E-state index contributed by atoms with van der Waals surface area (Å²) in [5, 5.41) is 9.89. The first-order valence-corrected chi connectivity index (χ1v) is 9.36. The predicted molar refractivity (Wildman–Crippen MR) is 104 cm³/mol. The number of hydrogen-bond acceptors (Lipinski definition) is 3. The van der Waals surface area contributed by atoms with Crippen molar-refractivity contribution in [2.75, 3.05) is 5.01 Å². The Balaban J connectivity index is 1.79. The van der Waals surface area contributed by atoms with Crippen LogP contribution >= 0.6 is 34.5 Å². The van der Waals surface area contributed by atoms with Crippen LogP contribution in [0.4, 0.5) is 10.1 Å². The Morgan fingerprint density at radius 3 is 2.60 bits per heavy atom. The summed E-state index contributed by atoms with van der Waals surface area (Å²) in [7, 11) is 0. The van der Waals surface area contributed by atoms with Gasteiger partial charge in [0.2, 0.25) is 0 Å². The van der Waals surface area contributed by atoms with Crippen LogP contribution in [0, 0.1) is 5.82 Å². The lowest BCUT2D eigenvalue weighted by atomic mass is 10.0. The fraction of sp³-hybridized carbons (Fsp3) is 0.105. The molecule has 2 aromatic carbocycles. The van der Waals surface area contributed by atoms with E-state index in [0.29, 0.717) is 10.0 Å². The number of thiophene rings is 1. The van der Waals surface area contributed by atoms with E-state index in [1.165, 1.54) is 12.1 Å². The van der Waals surface area contributed by atoms with Gasteiger partial charge < -0.3 is 0 Å². The predicted octanol–water partition coefficient (Wildman–Crippen LogP) is 6.55. The summed E-state index contributed by atoms with van der Waals surface area (Å²) >= 11 is 14.2. The van der Waals surface area contributed by atoms with E-state index in [1.807, 2.05) is 22.5 Å². The van der Waals surface area contributed by atoms with Gasteiger partial charge in [0.1, 0.15) is 5.82 Å². The van der Waals surface area contributed by atoms with E-state index in [9.17, 15) is 4.39 Å². The maximum Gasteiger partial charge on any atom is 0.123 e. The molecule has 6 heteroatoms.